The predicted molar refractivity (Wildman–Crippen MR) is 91.9 cm³/mol. The van der Waals surface area contributed by atoms with Crippen molar-refractivity contribution < 1.29 is 17.9 Å². The molecular formula is C17H22N2O4S. The first kappa shape index (κ1) is 18.2. The van der Waals surface area contributed by atoms with Gasteiger partial charge in [0.15, 0.2) is 11.5 Å². The smallest absolute Gasteiger partial charge is 0.243 e. The summed E-state index contributed by atoms with van der Waals surface area (Å²) in [4.78, 5) is 4.42. The molecule has 130 valence electrons. The zero-order valence-corrected chi connectivity index (χ0v) is 14.9. The van der Waals surface area contributed by atoms with E-state index in [1.54, 1.807) is 12.3 Å². The molecular weight excluding hydrogens is 328 g/mol. The lowest BCUT2D eigenvalue weighted by Gasteiger charge is -2.21. The Bertz CT molecular complexity index is 763. The molecule has 0 atom stereocenters. The van der Waals surface area contributed by atoms with Crippen molar-refractivity contribution in [1.29, 1.82) is 0 Å². The molecule has 0 fully saturated rings. The van der Waals surface area contributed by atoms with Crippen LogP contribution in [0.15, 0.2) is 47.5 Å². The number of hydrogen-bond acceptors (Lipinski definition) is 5. The summed E-state index contributed by atoms with van der Waals surface area (Å²) < 4.78 is 37.5. The summed E-state index contributed by atoms with van der Waals surface area (Å²) in [6, 6.07) is 10.2. The van der Waals surface area contributed by atoms with E-state index in [1.807, 2.05) is 25.1 Å². The molecule has 1 aromatic carbocycles. The number of methoxy groups -OCH3 is 2. The molecule has 0 unspecified atom stereocenters. The minimum atomic E-state index is -3.61. The van der Waals surface area contributed by atoms with Crippen LogP contribution in [0.2, 0.25) is 0 Å². The van der Waals surface area contributed by atoms with Gasteiger partial charge in [0.1, 0.15) is 0 Å². The fraction of sp³-hybridized carbons (Fsp3) is 0.353. The van der Waals surface area contributed by atoms with E-state index in [0.29, 0.717) is 31.0 Å². The summed E-state index contributed by atoms with van der Waals surface area (Å²) in [6.07, 6.45) is 2.26. The highest BCUT2D eigenvalue weighted by atomic mass is 32.2. The Labute approximate surface area is 143 Å². The van der Waals surface area contributed by atoms with E-state index in [4.69, 9.17) is 9.47 Å². The van der Waals surface area contributed by atoms with Crippen LogP contribution in [0.25, 0.3) is 0 Å². The number of rotatable bonds is 8. The molecule has 0 amide bonds. The highest BCUT2D eigenvalue weighted by Gasteiger charge is 2.24. The number of likely N-dealkylation sites (N-methyl/N-ethyl adjacent to an activating group) is 1. The topological polar surface area (TPSA) is 68.7 Å². The van der Waals surface area contributed by atoms with Crippen molar-refractivity contribution in [1.82, 2.24) is 9.29 Å². The average molecular weight is 350 g/mol. The molecule has 24 heavy (non-hydrogen) atoms. The second-order valence-corrected chi connectivity index (χ2v) is 7.02. The lowest BCUT2D eigenvalue weighted by atomic mass is 10.3. The number of nitrogens with zero attached hydrogens (tertiary/aromatic N) is 2. The molecule has 1 aromatic heterocycles. The van der Waals surface area contributed by atoms with Crippen LogP contribution < -0.4 is 9.47 Å². The molecule has 0 aliphatic rings. The van der Waals surface area contributed by atoms with Gasteiger partial charge in [-0.3, -0.25) is 4.98 Å². The summed E-state index contributed by atoms with van der Waals surface area (Å²) in [5.41, 5.74) is 0.860. The van der Waals surface area contributed by atoms with Crippen LogP contribution in [-0.2, 0) is 16.4 Å². The molecule has 6 nitrogen and oxygen atoms in total. The van der Waals surface area contributed by atoms with Gasteiger partial charge in [-0.25, -0.2) is 8.42 Å². The Kier molecular flexibility index (Phi) is 6.16. The molecule has 7 heteroatoms. The largest absolute Gasteiger partial charge is 0.493 e. The van der Waals surface area contributed by atoms with E-state index in [9.17, 15) is 8.42 Å². The average Bonchev–Trinajstić information content (AvgIpc) is 2.62. The zero-order chi connectivity index (χ0) is 17.6. The number of sulfonamides is 1. The van der Waals surface area contributed by atoms with Gasteiger partial charge in [-0.15, -0.1) is 0 Å². The minimum Gasteiger partial charge on any atom is -0.493 e. The molecule has 1 heterocycles. The lowest BCUT2D eigenvalue weighted by molar-refractivity contribution is 0.353. The number of aromatic nitrogens is 1. The van der Waals surface area contributed by atoms with Crippen molar-refractivity contribution in [2.45, 2.75) is 18.2 Å². The summed E-state index contributed by atoms with van der Waals surface area (Å²) in [5.74, 6) is 0.882. The van der Waals surface area contributed by atoms with E-state index in [1.165, 1.54) is 30.7 Å². The van der Waals surface area contributed by atoms with Crippen LogP contribution in [0, 0.1) is 0 Å². The first-order valence-corrected chi connectivity index (χ1v) is 9.09. The predicted octanol–water partition coefficient (Wildman–Crippen LogP) is 2.35. The van der Waals surface area contributed by atoms with Gasteiger partial charge in [-0.2, -0.15) is 4.31 Å². The van der Waals surface area contributed by atoms with Crippen molar-refractivity contribution in [3.8, 4) is 11.5 Å². The Hall–Kier alpha value is -2.12. The Morgan fingerprint density at radius 2 is 1.83 bits per heavy atom. The maximum atomic E-state index is 12.9. The summed E-state index contributed by atoms with van der Waals surface area (Å²) in [5, 5.41) is 0. The number of ether oxygens (including phenoxy) is 2. The van der Waals surface area contributed by atoms with Crippen molar-refractivity contribution >= 4 is 10.0 Å². The second kappa shape index (κ2) is 8.12. The van der Waals surface area contributed by atoms with E-state index in [0.717, 1.165) is 5.69 Å². The van der Waals surface area contributed by atoms with Gasteiger partial charge < -0.3 is 9.47 Å². The minimum absolute atomic E-state index is 0.183. The van der Waals surface area contributed by atoms with Gasteiger partial charge in [-0.05, 0) is 24.3 Å². The maximum Gasteiger partial charge on any atom is 0.243 e. The standard InChI is InChI=1S/C17H22N2O4S/c1-4-19(12-10-14-7-5-6-11-18-14)24(20,21)15-8-9-16(22-2)17(13-15)23-3/h5-9,11,13H,4,10,12H2,1-3H3. The van der Waals surface area contributed by atoms with Gasteiger partial charge in [0.05, 0.1) is 19.1 Å². The zero-order valence-electron chi connectivity index (χ0n) is 14.1. The summed E-state index contributed by atoms with van der Waals surface area (Å²) >= 11 is 0. The molecule has 0 radical (unpaired) electrons. The number of hydrogen-bond donors (Lipinski definition) is 0. The van der Waals surface area contributed by atoms with Crippen molar-refractivity contribution in [2.24, 2.45) is 0 Å². The van der Waals surface area contributed by atoms with Gasteiger partial charge in [0, 0.05) is 37.5 Å². The van der Waals surface area contributed by atoms with Gasteiger partial charge >= 0.3 is 0 Å². The normalized spacial score (nSPS) is 11.5. The maximum absolute atomic E-state index is 12.9. The monoisotopic (exact) mass is 350 g/mol. The Balaban J connectivity index is 2.23. The van der Waals surface area contributed by atoms with Gasteiger partial charge in [0.2, 0.25) is 10.0 Å². The first-order chi connectivity index (χ1) is 11.5. The van der Waals surface area contributed by atoms with Crippen LogP contribution in [0.5, 0.6) is 11.5 Å². The summed E-state index contributed by atoms with van der Waals surface area (Å²) in [7, 11) is -0.619. The van der Waals surface area contributed by atoms with Crippen molar-refractivity contribution in [3.63, 3.8) is 0 Å². The molecule has 0 saturated heterocycles. The Morgan fingerprint density at radius 3 is 2.42 bits per heavy atom. The third-order valence-electron chi connectivity index (χ3n) is 3.69. The molecule has 0 saturated carbocycles. The lowest BCUT2D eigenvalue weighted by Crippen LogP contribution is -2.33. The first-order valence-electron chi connectivity index (χ1n) is 7.65. The van der Waals surface area contributed by atoms with Crippen LogP contribution in [0.1, 0.15) is 12.6 Å². The van der Waals surface area contributed by atoms with Gasteiger partial charge in [0.25, 0.3) is 0 Å². The molecule has 0 bridgehead atoms. The highest BCUT2D eigenvalue weighted by molar-refractivity contribution is 7.89. The quantitative estimate of drug-likeness (QED) is 0.731. The van der Waals surface area contributed by atoms with Crippen molar-refractivity contribution in [2.75, 3.05) is 27.3 Å². The number of benzene rings is 1. The molecule has 0 aliphatic carbocycles. The fourth-order valence-electron chi connectivity index (χ4n) is 2.36. The molecule has 0 N–H and O–H groups in total. The van der Waals surface area contributed by atoms with Crippen LogP contribution in [0.4, 0.5) is 0 Å². The second-order valence-electron chi connectivity index (χ2n) is 5.08. The highest BCUT2D eigenvalue weighted by Crippen LogP contribution is 2.30. The van der Waals surface area contributed by atoms with Crippen molar-refractivity contribution in [3.05, 3.63) is 48.3 Å². The third kappa shape index (κ3) is 4.04. The SMILES string of the molecule is CCN(CCc1ccccn1)S(=O)(=O)c1ccc(OC)c(OC)c1. The van der Waals surface area contributed by atoms with E-state index in [2.05, 4.69) is 4.98 Å². The molecule has 2 rings (SSSR count). The van der Waals surface area contributed by atoms with E-state index >= 15 is 0 Å². The van der Waals surface area contributed by atoms with Crippen LogP contribution in [-0.4, -0.2) is 45.0 Å². The van der Waals surface area contributed by atoms with E-state index < -0.39 is 10.0 Å². The van der Waals surface area contributed by atoms with Crippen LogP contribution in [0.3, 0.4) is 0 Å². The fourth-order valence-corrected chi connectivity index (χ4v) is 3.83. The molecule has 0 aliphatic heterocycles. The summed E-state index contributed by atoms with van der Waals surface area (Å²) in [6.45, 7) is 2.56. The third-order valence-corrected chi connectivity index (χ3v) is 5.66. The van der Waals surface area contributed by atoms with E-state index in [-0.39, 0.29) is 4.90 Å². The Morgan fingerprint density at radius 1 is 1.08 bits per heavy atom. The molecule has 0 spiro atoms. The number of pyridine rings is 1. The van der Waals surface area contributed by atoms with Crippen LogP contribution >= 0.6 is 0 Å². The molecule has 2 aromatic rings. The van der Waals surface area contributed by atoms with Gasteiger partial charge in [-0.1, -0.05) is 13.0 Å².